The van der Waals surface area contributed by atoms with E-state index in [1.165, 1.54) is 7.11 Å². The highest BCUT2D eigenvalue weighted by molar-refractivity contribution is 6.24. The number of halogens is 2. The van der Waals surface area contributed by atoms with E-state index in [1.807, 2.05) is 13.8 Å². The van der Waals surface area contributed by atoms with E-state index in [-0.39, 0.29) is 31.6 Å². The molecule has 7 heteroatoms. The van der Waals surface area contributed by atoms with Gasteiger partial charge in [0.25, 0.3) is 5.91 Å². The second-order valence-electron chi connectivity index (χ2n) is 7.82. The number of anilines is 1. The van der Waals surface area contributed by atoms with Crippen molar-refractivity contribution in [2.75, 3.05) is 12.0 Å². The highest BCUT2D eigenvalue weighted by atomic mass is 19.3. The molecule has 1 aromatic carbocycles. The Hall–Kier alpha value is -2.18. The van der Waals surface area contributed by atoms with Gasteiger partial charge in [-0.2, -0.15) is 0 Å². The van der Waals surface area contributed by atoms with E-state index in [0.717, 1.165) is 16.0 Å². The Morgan fingerprint density at radius 1 is 1.08 bits per heavy atom. The van der Waals surface area contributed by atoms with Gasteiger partial charge in [0.15, 0.2) is 0 Å². The predicted octanol–water partition coefficient (Wildman–Crippen LogP) is 3.32. The van der Waals surface area contributed by atoms with Crippen molar-refractivity contribution in [2.24, 2.45) is 5.41 Å². The van der Waals surface area contributed by atoms with Crippen LogP contribution in [0.5, 0.6) is 5.75 Å². The number of ether oxygens (including phenoxy) is 1. The molecule has 25 heavy (non-hydrogen) atoms. The van der Waals surface area contributed by atoms with Crippen LogP contribution in [0, 0.1) is 19.3 Å². The number of rotatable bonds is 2. The number of methoxy groups -OCH3 is 1. The summed E-state index contributed by atoms with van der Waals surface area (Å²) in [6.45, 7) is 3.81. The van der Waals surface area contributed by atoms with Crippen LogP contribution in [-0.4, -0.2) is 30.5 Å². The van der Waals surface area contributed by atoms with E-state index in [0.29, 0.717) is 11.4 Å². The van der Waals surface area contributed by atoms with Gasteiger partial charge in [0.05, 0.1) is 12.8 Å². The number of carbonyl (C=O) groups is 2. The molecule has 2 aliphatic carbocycles. The van der Waals surface area contributed by atoms with Crippen molar-refractivity contribution in [1.29, 1.82) is 0 Å². The summed E-state index contributed by atoms with van der Waals surface area (Å²) in [4.78, 5) is 26.6. The van der Waals surface area contributed by atoms with Crippen molar-refractivity contribution < 1.29 is 23.1 Å². The monoisotopic (exact) mass is 350 g/mol. The maximum atomic E-state index is 13.2. The normalized spacial score (nSPS) is 24.9. The molecule has 0 bridgehead atoms. The quantitative estimate of drug-likeness (QED) is 0.833. The Kier molecular flexibility index (Phi) is 3.07. The Balaban J connectivity index is 1.63. The lowest BCUT2D eigenvalue weighted by Gasteiger charge is -2.60. The summed E-state index contributed by atoms with van der Waals surface area (Å²) in [5.74, 6) is -2.57. The second kappa shape index (κ2) is 4.71. The van der Waals surface area contributed by atoms with E-state index in [1.54, 1.807) is 12.1 Å². The van der Waals surface area contributed by atoms with Crippen molar-refractivity contribution in [2.45, 2.75) is 51.0 Å². The zero-order valence-electron chi connectivity index (χ0n) is 14.4. The number of urea groups is 1. The third-order valence-electron chi connectivity index (χ3n) is 5.82. The summed E-state index contributed by atoms with van der Waals surface area (Å²) in [6, 6.07) is 3.01. The summed E-state index contributed by atoms with van der Waals surface area (Å²) in [6.07, 6.45) is 0.170. The first-order valence-electron chi connectivity index (χ1n) is 8.30. The van der Waals surface area contributed by atoms with Crippen molar-refractivity contribution >= 4 is 17.6 Å². The average Bonchev–Trinajstić information content (AvgIpc) is 2.70. The molecule has 3 amide bonds. The van der Waals surface area contributed by atoms with Crippen LogP contribution < -0.4 is 15.0 Å². The van der Waals surface area contributed by atoms with Crippen molar-refractivity contribution in [1.82, 2.24) is 5.32 Å². The number of aryl methyl sites for hydroxylation is 2. The van der Waals surface area contributed by atoms with Crippen LogP contribution in [0.25, 0.3) is 0 Å². The van der Waals surface area contributed by atoms with Crippen molar-refractivity contribution in [3.8, 4) is 5.75 Å². The van der Waals surface area contributed by atoms with Crippen LogP contribution in [0.1, 0.15) is 36.8 Å². The van der Waals surface area contributed by atoms with E-state index >= 15 is 0 Å². The van der Waals surface area contributed by atoms with Gasteiger partial charge < -0.3 is 10.1 Å². The highest BCUT2D eigenvalue weighted by Crippen LogP contribution is 2.66. The minimum absolute atomic E-state index is 0.197. The van der Waals surface area contributed by atoms with Crippen LogP contribution in [0.3, 0.4) is 0 Å². The molecule has 2 saturated carbocycles. The zero-order chi connectivity index (χ0) is 18.2. The Bertz CT molecular complexity index is 790. The molecule has 1 aliphatic heterocycles. The number of imide groups is 1. The molecule has 4 rings (SSSR count). The Morgan fingerprint density at radius 2 is 1.68 bits per heavy atom. The SMILES string of the molecule is COc1cc(C)c(C)cc1N1C(=O)NC2(CC3(CC(F)(F)C3)C2)C1=O. The van der Waals surface area contributed by atoms with Gasteiger partial charge >= 0.3 is 6.03 Å². The van der Waals surface area contributed by atoms with Crippen LogP contribution >= 0.6 is 0 Å². The van der Waals surface area contributed by atoms with Crippen LogP contribution in [0.2, 0.25) is 0 Å². The summed E-state index contributed by atoms with van der Waals surface area (Å²) in [7, 11) is 1.48. The van der Waals surface area contributed by atoms with Gasteiger partial charge in [0, 0.05) is 12.8 Å². The molecule has 2 spiro atoms. The molecule has 3 fully saturated rings. The second-order valence-corrected chi connectivity index (χ2v) is 7.82. The van der Waals surface area contributed by atoms with Gasteiger partial charge in [-0.15, -0.1) is 0 Å². The zero-order valence-corrected chi connectivity index (χ0v) is 14.4. The summed E-state index contributed by atoms with van der Waals surface area (Å²) in [5, 5.41) is 2.74. The van der Waals surface area contributed by atoms with Gasteiger partial charge in [0.1, 0.15) is 11.3 Å². The van der Waals surface area contributed by atoms with Gasteiger partial charge in [-0.3, -0.25) is 4.79 Å². The maximum absolute atomic E-state index is 13.2. The molecule has 134 valence electrons. The number of hydrogen-bond donors (Lipinski definition) is 1. The molecular formula is C18H20F2N2O3. The topological polar surface area (TPSA) is 58.6 Å². The number of benzene rings is 1. The summed E-state index contributed by atoms with van der Waals surface area (Å²) in [5.41, 5.74) is 0.764. The number of carbonyl (C=O) groups excluding carboxylic acids is 2. The Morgan fingerprint density at radius 3 is 2.24 bits per heavy atom. The first-order chi connectivity index (χ1) is 11.6. The molecule has 5 nitrogen and oxygen atoms in total. The van der Waals surface area contributed by atoms with Crippen LogP contribution in [-0.2, 0) is 4.79 Å². The minimum Gasteiger partial charge on any atom is -0.495 e. The minimum atomic E-state index is -2.63. The van der Waals surface area contributed by atoms with E-state index in [2.05, 4.69) is 5.32 Å². The van der Waals surface area contributed by atoms with Gasteiger partial charge in [0.2, 0.25) is 5.92 Å². The summed E-state index contributed by atoms with van der Waals surface area (Å²) < 4.78 is 31.8. The molecule has 1 saturated heterocycles. The fourth-order valence-corrected chi connectivity index (χ4v) is 4.72. The van der Waals surface area contributed by atoms with E-state index in [9.17, 15) is 18.4 Å². The molecule has 0 atom stereocenters. The number of amides is 3. The first kappa shape index (κ1) is 16.3. The lowest BCUT2D eigenvalue weighted by Crippen LogP contribution is -2.68. The van der Waals surface area contributed by atoms with Crippen LogP contribution in [0.4, 0.5) is 19.3 Å². The average molecular weight is 350 g/mol. The van der Waals surface area contributed by atoms with Gasteiger partial charge in [-0.1, -0.05) is 0 Å². The molecular weight excluding hydrogens is 330 g/mol. The molecule has 3 aliphatic rings. The molecule has 1 heterocycles. The predicted molar refractivity (Wildman–Crippen MR) is 87.1 cm³/mol. The third-order valence-corrected chi connectivity index (χ3v) is 5.82. The van der Waals surface area contributed by atoms with Crippen molar-refractivity contribution in [3.63, 3.8) is 0 Å². The smallest absolute Gasteiger partial charge is 0.329 e. The molecule has 1 aromatic rings. The standard InChI is InChI=1S/C18H20F2N2O3/c1-10-4-12(13(25-3)5-11(10)2)22-14(23)17(21-15(22)24)6-16(7-17)8-18(19,20)9-16/h4-5H,6-9H2,1-3H3,(H,21,24). The molecule has 0 unspecified atom stereocenters. The van der Waals surface area contributed by atoms with Crippen LogP contribution in [0.15, 0.2) is 12.1 Å². The van der Waals surface area contributed by atoms with Gasteiger partial charge in [-0.05, 0) is 55.4 Å². The van der Waals surface area contributed by atoms with E-state index < -0.39 is 22.9 Å². The fourth-order valence-electron chi connectivity index (χ4n) is 4.72. The summed E-state index contributed by atoms with van der Waals surface area (Å²) >= 11 is 0. The lowest BCUT2D eigenvalue weighted by molar-refractivity contribution is -0.212. The fraction of sp³-hybridized carbons (Fsp3) is 0.556. The number of nitrogens with one attached hydrogen (secondary N) is 1. The van der Waals surface area contributed by atoms with Gasteiger partial charge in [-0.25, -0.2) is 18.5 Å². The lowest BCUT2D eigenvalue weighted by atomic mass is 9.47. The number of hydrogen-bond acceptors (Lipinski definition) is 3. The molecule has 0 radical (unpaired) electrons. The highest BCUT2D eigenvalue weighted by Gasteiger charge is 2.72. The third kappa shape index (κ3) is 2.17. The Labute approximate surface area is 144 Å². The number of nitrogens with zero attached hydrogens (tertiary/aromatic N) is 1. The van der Waals surface area contributed by atoms with E-state index in [4.69, 9.17) is 4.74 Å². The number of alkyl halides is 2. The first-order valence-corrected chi connectivity index (χ1v) is 8.30. The van der Waals surface area contributed by atoms with Crippen molar-refractivity contribution in [3.05, 3.63) is 23.3 Å². The maximum Gasteiger partial charge on any atom is 0.329 e. The largest absolute Gasteiger partial charge is 0.495 e. The molecule has 0 aromatic heterocycles. The molecule has 1 N–H and O–H groups in total.